The number of guanidine groups is 1. The molecule has 8 nitrogen and oxygen atoms in total. The molecule has 0 radical (unpaired) electrons. The van der Waals surface area contributed by atoms with E-state index < -0.39 is 5.60 Å². The van der Waals surface area contributed by atoms with Gasteiger partial charge in [0.25, 0.3) is 0 Å². The van der Waals surface area contributed by atoms with Crippen LogP contribution in [0.2, 0.25) is 0 Å². The fraction of sp³-hybridized carbons (Fsp3) is 0.667. The molecule has 3 N–H and O–H groups in total. The number of nitrogens with one attached hydrogen (secondary N) is 3. The minimum absolute atomic E-state index is 0. The van der Waals surface area contributed by atoms with E-state index in [1.54, 1.807) is 7.05 Å². The summed E-state index contributed by atoms with van der Waals surface area (Å²) in [5, 5.41) is 9.46. The topological polar surface area (TPSA) is 87.2 Å². The van der Waals surface area contributed by atoms with E-state index in [0.29, 0.717) is 19.6 Å². The third-order valence-electron chi connectivity index (χ3n) is 4.99. The molecule has 2 atom stereocenters. The molecular weight excluding hydrogens is 533 g/mol. The number of carbonyl (C=O) groups excluding carboxylic acids is 1. The summed E-state index contributed by atoms with van der Waals surface area (Å²) in [5.41, 5.74) is 2.09. The lowest BCUT2D eigenvalue weighted by molar-refractivity contribution is -0.0705. The molecule has 9 heteroatoms. The first kappa shape index (κ1) is 29.4. The molecule has 1 aliphatic heterocycles. The van der Waals surface area contributed by atoms with E-state index in [0.717, 1.165) is 32.0 Å². The van der Waals surface area contributed by atoms with Gasteiger partial charge in [-0.3, -0.25) is 9.89 Å². The van der Waals surface area contributed by atoms with Crippen molar-refractivity contribution >= 4 is 36.0 Å². The standard InChI is InChI=1S/C24H41N5O3.HI/c1-18-15-29(16-19(2)31-18)17-21-11-8-7-10-20(21)14-28-22(25-6)26-12-9-13-27-23(30)32-24(3,4)5;/h7-8,10-11,18-19H,9,12-17H2,1-6H3,(H,27,30)(H2,25,26,28);1H. The Kier molecular flexibility index (Phi) is 13.0. The van der Waals surface area contributed by atoms with Crippen molar-refractivity contribution in [2.75, 3.05) is 33.2 Å². The zero-order valence-corrected chi connectivity index (χ0v) is 23.3. The summed E-state index contributed by atoms with van der Waals surface area (Å²) in [6.07, 6.45) is 0.902. The zero-order valence-electron chi connectivity index (χ0n) is 20.9. The van der Waals surface area contributed by atoms with Crippen molar-refractivity contribution in [3.8, 4) is 0 Å². The SMILES string of the molecule is CN=C(NCCCNC(=O)OC(C)(C)C)NCc1ccccc1CN1CC(C)OC(C)C1.I. The van der Waals surface area contributed by atoms with Gasteiger partial charge in [-0.15, -0.1) is 24.0 Å². The summed E-state index contributed by atoms with van der Waals surface area (Å²) in [4.78, 5) is 18.4. The van der Waals surface area contributed by atoms with Gasteiger partial charge in [0.15, 0.2) is 5.96 Å². The van der Waals surface area contributed by atoms with E-state index in [-0.39, 0.29) is 42.3 Å². The number of halogens is 1. The van der Waals surface area contributed by atoms with E-state index in [4.69, 9.17) is 9.47 Å². The van der Waals surface area contributed by atoms with Gasteiger partial charge in [-0.1, -0.05) is 24.3 Å². The molecule has 0 saturated carbocycles. The predicted molar refractivity (Wildman–Crippen MR) is 144 cm³/mol. The third-order valence-corrected chi connectivity index (χ3v) is 4.99. The first-order valence-electron chi connectivity index (χ1n) is 11.5. The van der Waals surface area contributed by atoms with Crippen molar-refractivity contribution in [3.05, 3.63) is 35.4 Å². The molecule has 1 aliphatic rings. The van der Waals surface area contributed by atoms with E-state index in [2.05, 4.69) is 64.0 Å². The largest absolute Gasteiger partial charge is 0.444 e. The second-order valence-electron chi connectivity index (χ2n) is 9.35. The highest BCUT2D eigenvalue weighted by Gasteiger charge is 2.22. The maximum atomic E-state index is 11.7. The van der Waals surface area contributed by atoms with Gasteiger partial charge in [0, 0.05) is 46.3 Å². The molecule has 0 bridgehead atoms. The normalized spacial score (nSPS) is 19.4. The Bertz CT molecular complexity index is 744. The molecule has 1 aromatic carbocycles. The molecule has 1 saturated heterocycles. The summed E-state index contributed by atoms with van der Waals surface area (Å²) in [5.74, 6) is 0.741. The maximum Gasteiger partial charge on any atom is 0.407 e. The number of amides is 1. The molecule has 0 aromatic heterocycles. The number of benzene rings is 1. The van der Waals surface area contributed by atoms with Gasteiger partial charge < -0.3 is 25.4 Å². The van der Waals surface area contributed by atoms with Crippen molar-refractivity contribution in [1.29, 1.82) is 0 Å². The van der Waals surface area contributed by atoms with Gasteiger partial charge in [0.2, 0.25) is 0 Å². The average molecular weight is 576 g/mol. The number of morpholine rings is 1. The lowest BCUT2D eigenvalue weighted by Gasteiger charge is -2.35. The Morgan fingerprint density at radius 2 is 1.70 bits per heavy atom. The lowest BCUT2D eigenvalue weighted by Crippen LogP contribution is -2.45. The Morgan fingerprint density at radius 1 is 1.09 bits per heavy atom. The van der Waals surface area contributed by atoms with Crippen LogP contribution < -0.4 is 16.0 Å². The van der Waals surface area contributed by atoms with Crippen LogP contribution in [0.15, 0.2) is 29.3 Å². The van der Waals surface area contributed by atoms with Crippen molar-refractivity contribution in [3.63, 3.8) is 0 Å². The van der Waals surface area contributed by atoms with E-state index in [9.17, 15) is 4.79 Å². The first-order chi connectivity index (χ1) is 15.2. The van der Waals surface area contributed by atoms with Crippen LogP contribution in [-0.4, -0.2) is 68.0 Å². The molecule has 1 amide bonds. The second-order valence-corrected chi connectivity index (χ2v) is 9.35. The predicted octanol–water partition coefficient (Wildman–Crippen LogP) is 3.49. The van der Waals surface area contributed by atoms with Crippen molar-refractivity contribution < 1.29 is 14.3 Å². The number of carbonyl (C=O) groups is 1. The molecule has 188 valence electrons. The molecule has 1 heterocycles. The highest BCUT2D eigenvalue weighted by atomic mass is 127. The lowest BCUT2D eigenvalue weighted by atomic mass is 10.1. The van der Waals surface area contributed by atoms with Gasteiger partial charge in [-0.05, 0) is 52.2 Å². The van der Waals surface area contributed by atoms with Gasteiger partial charge >= 0.3 is 6.09 Å². The number of rotatable bonds is 8. The summed E-state index contributed by atoms with van der Waals surface area (Å²) in [6, 6.07) is 8.52. The van der Waals surface area contributed by atoms with Crippen molar-refractivity contribution in [2.45, 2.75) is 71.9 Å². The fourth-order valence-corrected chi connectivity index (χ4v) is 3.74. The summed E-state index contributed by atoms with van der Waals surface area (Å²) < 4.78 is 11.1. The van der Waals surface area contributed by atoms with Gasteiger partial charge in [0.05, 0.1) is 12.2 Å². The highest BCUT2D eigenvalue weighted by Crippen LogP contribution is 2.17. The maximum absolute atomic E-state index is 11.7. The van der Waals surface area contributed by atoms with Crippen LogP contribution in [-0.2, 0) is 22.6 Å². The van der Waals surface area contributed by atoms with E-state index >= 15 is 0 Å². The van der Waals surface area contributed by atoms with Crippen LogP contribution >= 0.6 is 24.0 Å². The molecule has 0 aliphatic carbocycles. The fourth-order valence-electron chi connectivity index (χ4n) is 3.74. The number of hydrogen-bond acceptors (Lipinski definition) is 5. The van der Waals surface area contributed by atoms with E-state index in [1.807, 2.05) is 20.8 Å². The number of ether oxygens (including phenoxy) is 2. The van der Waals surface area contributed by atoms with Crippen molar-refractivity contribution in [1.82, 2.24) is 20.9 Å². The minimum Gasteiger partial charge on any atom is -0.444 e. The second kappa shape index (κ2) is 14.6. The Balaban J connectivity index is 0.00000544. The monoisotopic (exact) mass is 575 g/mol. The Morgan fingerprint density at radius 3 is 2.30 bits per heavy atom. The van der Waals surface area contributed by atoms with Crippen LogP contribution in [0.5, 0.6) is 0 Å². The summed E-state index contributed by atoms with van der Waals surface area (Å²) in [7, 11) is 1.76. The van der Waals surface area contributed by atoms with E-state index in [1.165, 1.54) is 11.1 Å². The quantitative estimate of drug-likeness (QED) is 0.191. The highest BCUT2D eigenvalue weighted by molar-refractivity contribution is 14.0. The molecule has 2 unspecified atom stereocenters. The molecule has 2 rings (SSSR count). The summed E-state index contributed by atoms with van der Waals surface area (Å²) in [6.45, 7) is 14.6. The molecule has 1 aromatic rings. The van der Waals surface area contributed by atoms with Crippen LogP contribution in [0.1, 0.15) is 52.2 Å². The number of aliphatic imine (C=N–C) groups is 1. The zero-order chi connectivity index (χ0) is 23.6. The van der Waals surface area contributed by atoms with Gasteiger partial charge in [-0.2, -0.15) is 0 Å². The van der Waals surface area contributed by atoms with Gasteiger partial charge in [0.1, 0.15) is 5.60 Å². The van der Waals surface area contributed by atoms with Gasteiger partial charge in [-0.25, -0.2) is 4.79 Å². The number of alkyl carbamates (subject to hydrolysis) is 1. The third kappa shape index (κ3) is 11.9. The van der Waals surface area contributed by atoms with Crippen LogP contribution in [0.4, 0.5) is 4.79 Å². The number of hydrogen-bond donors (Lipinski definition) is 3. The van der Waals surface area contributed by atoms with Crippen molar-refractivity contribution in [2.24, 2.45) is 4.99 Å². The molecule has 1 fully saturated rings. The van der Waals surface area contributed by atoms with Crippen LogP contribution in [0.3, 0.4) is 0 Å². The number of nitrogens with zero attached hydrogens (tertiary/aromatic N) is 2. The molecular formula is C24H42IN5O3. The molecule has 0 spiro atoms. The Hall–Kier alpha value is -1.59. The smallest absolute Gasteiger partial charge is 0.407 e. The first-order valence-corrected chi connectivity index (χ1v) is 11.5. The Labute approximate surface area is 216 Å². The van der Waals surface area contributed by atoms with Crippen LogP contribution in [0, 0.1) is 0 Å². The average Bonchev–Trinajstić information content (AvgIpc) is 2.69. The summed E-state index contributed by atoms with van der Waals surface area (Å²) >= 11 is 0. The van der Waals surface area contributed by atoms with Crippen LogP contribution in [0.25, 0.3) is 0 Å². The molecule has 33 heavy (non-hydrogen) atoms. The minimum atomic E-state index is -0.483.